The molecule has 0 spiro atoms. The van der Waals surface area contributed by atoms with E-state index < -0.39 is 0 Å². The summed E-state index contributed by atoms with van der Waals surface area (Å²) in [4.78, 5) is 0. The first-order chi connectivity index (χ1) is 9.87. The van der Waals surface area contributed by atoms with Crippen molar-refractivity contribution in [3.63, 3.8) is 0 Å². The minimum Gasteiger partial charge on any atom is -0.491 e. The van der Waals surface area contributed by atoms with Crippen molar-refractivity contribution in [2.45, 2.75) is 25.0 Å². The third-order valence-corrected chi connectivity index (χ3v) is 3.87. The second-order valence-corrected chi connectivity index (χ2v) is 5.60. The van der Waals surface area contributed by atoms with Gasteiger partial charge in [-0.05, 0) is 41.3 Å². The highest BCUT2D eigenvalue weighted by atomic mass is 16.6. The number of rotatable bonds is 6. The predicted molar refractivity (Wildman–Crippen MR) is 77.2 cm³/mol. The fraction of sp³-hybridized carbons (Fsp3) is 0.412. The molecule has 2 aromatic carbocycles. The van der Waals surface area contributed by atoms with Crippen molar-refractivity contribution in [3.05, 3.63) is 42.0 Å². The SMILES string of the molecule is c1cc2cc(OCC3CO3)ccc2cc1CCC1CO1. The first-order valence-electron chi connectivity index (χ1n) is 7.25. The third-order valence-electron chi connectivity index (χ3n) is 3.87. The second-order valence-electron chi connectivity index (χ2n) is 5.60. The van der Waals surface area contributed by atoms with Crippen LogP contribution in [0.25, 0.3) is 10.8 Å². The summed E-state index contributed by atoms with van der Waals surface area (Å²) in [6.07, 6.45) is 3.04. The fourth-order valence-electron chi connectivity index (χ4n) is 2.43. The molecule has 3 nitrogen and oxygen atoms in total. The van der Waals surface area contributed by atoms with Gasteiger partial charge in [0.2, 0.25) is 0 Å². The Morgan fingerprint density at radius 3 is 2.50 bits per heavy atom. The standard InChI is InChI=1S/C17H18O3/c1-3-14-8-15(18-10-17-11-20-17)6-4-13(14)7-12(1)2-5-16-9-19-16/h1,3-4,6-8,16-17H,2,5,9-11H2. The van der Waals surface area contributed by atoms with E-state index in [9.17, 15) is 0 Å². The van der Waals surface area contributed by atoms with Crippen molar-refractivity contribution < 1.29 is 14.2 Å². The molecule has 2 aliphatic rings. The largest absolute Gasteiger partial charge is 0.491 e. The molecule has 2 heterocycles. The maximum atomic E-state index is 5.71. The van der Waals surface area contributed by atoms with Crippen molar-refractivity contribution >= 4 is 10.8 Å². The molecule has 20 heavy (non-hydrogen) atoms. The van der Waals surface area contributed by atoms with E-state index in [4.69, 9.17) is 14.2 Å². The summed E-state index contributed by atoms with van der Waals surface area (Å²) in [5.74, 6) is 0.923. The van der Waals surface area contributed by atoms with Crippen molar-refractivity contribution in [3.8, 4) is 5.75 Å². The van der Waals surface area contributed by atoms with Crippen LogP contribution >= 0.6 is 0 Å². The maximum absolute atomic E-state index is 5.71. The average molecular weight is 270 g/mol. The van der Waals surface area contributed by atoms with Crippen molar-refractivity contribution in [1.29, 1.82) is 0 Å². The van der Waals surface area contributed by atoms with Crippen LogP contribution in [0.15, 0.2) is 36.4 Å². The van der Waals surface area contributed by atoms with Gasteiger partial charge in [-0.15, -0.1) is 0 Å². The Morgan fingerprint density at radius 2 is 1.70 bits per heavy atom. The number of benzene rings is 2. The van der Waals surface area contributed by atoms with Gasteiger partial charge >= 0.3 is 0 Å². The van der Waals surface area contributed by atoms with Crippen LogP contribution in [0.1, 0.15) is 12.0 Å². The Labute approximate surface area is 118 Å². The lowest BCUT2D eigenvalue weighted by molar-refractivity contribution is 0.263. The summed E-state index contributed by atoms with van der Waals surface area (Å²) in [7, 11) is 0. The zero-order chi connectivity index (χ0) is 13.4. The molecule has 2 aromatic rings. The van der Waals surface area contributed by atoms with Gasteiger partial charge in [0.05, 0.1) is 19.3 Å². The number of epoxide rings is 2. The molecule has 0 bridgehead atoms. The molecule has 2 fully saturated rings. The summed E-state index contributed by atoms with van der Waals surface area (Å²) in [6.45, 7) is 2.44. The van der Waals surface area contributed by atoms with E-state index in [-0.39, 0.29) is 0 Å². The van der Waals surface area contributed by atoms with E-state index >= 15 is 0 Å². The summed E-state index contributed by atoms with van der Waals surface area (Å²) in [5.41, 5.74) is 1.38. The molecular formula is C17H18O3. The molecule has 0 amide bonds. The van der Waals surface area contributed by atoms with Crippen LogP contribution in [0, 0.1) is 0 Å². The summed E-state index contributed by atoms with van der Waals surface area (Å²) in [5, 5.41) is 2.50. The molecule has 2 saturated heterocycles. The Morgan fingerprint density at radius 1 is 0.950 bits per heavy atom. The first kappa shape index (κ1) is 12.2. The van der Waals surface area contributed by atoms with Gasteiger partial charge in [0.25, 0.3) is 0 Å². The smallest absolute Gasteiger partial charge is 0.120 e. The van der Waals surface area contributed by atoms with E-state index in [1.165, 1.54) is 16.3 Å². The minimum atomic E-state index is 0.303. The molecular weight excluding hydrogens is 252 g/mol. The highest BCUT2D eigenvalue weighted by molar-refractivity contribution is 5.84. The van der Waals surface area contributed by atoms with Crippen LogP contribution in [0.5, 0.6) is 5.75 Å². The Balaban J connectivity index is 1.48. The molecule has 0 radical (unpaired) electrons. The van der Waals surface area contributed by atoms with Crippen LogP contribution in [0.4, 0.5) is 0 Å². The first-order valence-corrected chi connectivity index (χ1v) is 7.25. The normalized spacial score (nSPS) is 23.8. The van der Waals surface area contributed by atoms with Gasteiger partial charge in [-0.2, -0.15) is 0 Å². The summed E-state index contributed by atoms with van der Waals surface area (Å²) < 4.78 is 16.1. The van der Waals surface area contributed by atoms with E-state index in [0.717, 1.165) is 31.8 Å². The molecule has 104 valence electrons. The fourth-order valence-corrected chi connectivity index (χ4v) is 2.43. The van der Waals surface area contributed by atoms with Crippen molar-refractivity contribution in [2.24, 2.45) is 0 Å². The predicted octanol–water partition coefficient (Wildman–Crippen LogP) is 2.95. The Kier molecular flexibility index (Phi) is 3.09. The van der Waals surface area contributed by atoms with Gasteiger partial charge in [0, 0.05) is 0 Å². The number of fused-ring (bicyclic) bond motifs is 1. The molecule has 0 aliphatic carbocycles. The molecule has 0 aromatic heterocycles. The van der Waals surface area contributed by atoms with Gasteiger partial charge in [-0.3, -0.25) is 0 Å². The monoisotopic (exact) mass is 270 g/mol. The van der Waals surface area contributed by atoms with E-state index in [1.54, 1.807) is 0 Å². The Bertz CT molecular complexity index is 559. The van der Waals surface area contributed by atoms with Crippen LogP contribution in [-0.4, -0.2) is 32.0 Å². The maximum Gasteiger partial charge on any atom is 0.120 e. The summed E-state index contributed by atoms with van der Waals surface area (Å²) >= 11 is 0. The molecule has 0 saturated carbocycles. The lowest BCUT2D eigenvalue weighted by Crippen LogP contribution is -2.03. The second kappa shape index (κ2) is 5.08. The zero-order valence-electron chi connectivity index (χ0n) is 11.4. The van der Waals surface area contributed by atoms with Crippen molar-refractivity contribution in [1.82, 2.24) is 0 Å². The van der Waals surface area contributed by atoms with Gasteiger partial charge in [0.1, 0.15) is 18.5 Å². The average Bonchev–Trinajstić information content (AvgIpc) is 3.37. The lowest BCUT2D eigenvalue weighted by atomic mass is 10.0. The third kappa shape index (κ3) is 2.94. The molecule has 3 heteroatoms. The van der Waals surface area contributed by atoms with Crippen LogP contribution in [0.3, 0.4) is 0 Å². The highest BCUT2D eigenvalue weighted by Gasteiger charge is 2.23. The zero-order valence-corrected chi connectivity index (χ0v) is 11.4. The van der Waals surface area contributed by atoms with Crippen LogP contribution in [-0.2, 0) is 15.9 Å². The Hall–Kier alpha value is -1.58. The van der Waals surface area contributed by atoms with Gasteiger partial charge < -0.3 is 14.2 Å². The van der Waals surface area contributed by atoms with Gasteiger partial charge in [0.15, 0.2) is 0 Å². The molecule has 2 atom stereocenters. The number of ether oxygens (including phenoxy) is 3. The molecule has 0 N–H and O–H groups in total. The van der Waals surface area contributed by atoms with Crippen LogP contribution < -0.4 is 4.74 Å². The number of aryl methyl sites for hydroxylation is 1. The highest BCUT2D eigenvalue weighted by Crippen LogP contribution is 2.24. The number of hydrogen-bond acceptors (Lipinski definition) is 3. The van der Waals surface area contributed by atoms with Crippen LogP contribution in [0.2, 0.25) is 0 Å². The van der Waals surface area contributed by atoms with E-state index in [2.05, 4.69) is 30.3 Å². The minimum absolute atomic E-state index is 0.303. The molecule has 2 unspecified atom stereocenters. The van der Waals surface area contributed by atoms with E-state index in [1.807, 2.05) is 6.07 Å². The lowest BCUT2D eigenvalue weighted by Gasteiger charge is -2.07. The van der Waals surface area contributed by atoms with E-state index in [0.29, 0.717) is 18.8 Å². The quantitative estimate of drug-likeness (QED) is 0.757. The van der Waals surface area contributed by atoms with Crippen molar-refractivity contribution in [2.75, 3.05) is 19.8 Å². The number of hydrogen-bond donors (Lipinski definition) is 0. The topological polar surface area (TPSA) is 34.3 Å². The molecule has 2 aliphatic heterocycles. The summed E-state index contributed by atoms with van der Waals surface area (Å²) in [6, 6.07) is 12.9. The van der Waals surface area contributed by atoms with Gasteiger partial charge in [-0.1, -0.05) is 24.3 Å². The van der Waals surface area contributed by atoms with Gasteiger partial charge in [-0.25, -0.2) is 0 Å². The molecule has 4 rings (SSSR count).